The topological polar surface area (TPSA) is 0 Å². The summed E-state index contributed by atoms with van der Waals surface area (Å²) in [5.41, 5.74) is 3.78. The molecule has 0 spiro atoms. The Kier molecular flexibility index (Phi) is 2.69. The van der Waals surface area contributed by atoms with Crippen molar-refractivity contribution in [3.63, 3.8) is 0 Å². The number of halogens is 1. The summed E-state index contributed by atoms with van der Waals surface area (Å²) < 4.78 is 1.17. The third-order valence-corrected chi connectivity index (χ3v) is 3.13. The summed E-state index contributed by atoms with van der Waals surface area (Å²) in [6.07, 6.45) is 0. The van der Waals surface area contributed by atoms with Crippen molar-refractivity contribution in [1.29, 1.82) is 0 Å². The Balaban J connectivity index is 2.48. The maximum Gasteiger partial charge on any atom is 0.0210 e. The van der Waals surface area contributed by atoms with Gasteiger partial charge >= 0.3 is 0 Å². The fraction of sp³-hybridized carbons (Fsp3) is 0.0769. The van der Waals surface area contributed by atoms with E-state index in [0.29, 0.717) is 0 Å². The number of aryl methyl sites for hydroxylation is 1. The zero-order valence-electron chi connectivity index (χ0n) is 8.00. The van der Waals surface area contributed by atoms with E-state index in [0.717, 1.165) is 0 Å². The molecule has 0 saturated carbocycles. The lowest BCUT2D eigenvalue weighted by Gasteiger charge is -2.03. The van der Waals surface area contributed by atoms with Gasteiger partial charge in [0.05, 0.1) is 0 Å². The predicted molar refractivity (Wildman–Crippen MR) is 64.3 cm³/mol. The predicted octanol–water partition coefficient (Wildman–Crippen LogP) is 4.42. The highest BCUT2D eigenvalue weighted by molar-refractivity contribution is 9.10. The minimum absolute atomic E-state index is 1.17. The Hall–Kier alpha value is -1.08. The minimum Gasteiger partial charge on any atom is -0.0622 e. The maximum absolute atomic E-state index is 3.54. The van der Waals surface area contributed by atoms with Crippen LogP contribution in [0.5, 0.6) is 0 Å². The third kappa shape index (κ3) is 1.88. The van der Waals surface area contributed by atoms with Crippen LogP contribution in [0, 0.1) is 6.92 Å². The first kappa shape index (κ1) is 9.47. The Morgan fingerprint density at radius 3 is 2.21 bits per heavy atom. The highest BCUT2D eigenvalue weighted by Crippen LogP contribution is 2.25. The van der Waals surface area contributed by atoms with Gasteiger partial charge in [-0.3, -0.25) is 0 Å². The van der Waals surface area contributed by atoms with Gasteiger partial charge in [0.1, 0.15) is 0 Å². The van der Waals surface area contributed by atoms with Gasteiger partial charge in [0, 0.05) is 4.47 Å². The maximum atomic E-state index is 3.54. The minimum atomic E-state index is 1.17. The SMILES string of the molecule is Cc1ccc(-c2ccccc2)cc1Br. The van der Waals surface area contributed by atoms with E-state index in [2.05, 4.69) is 65.3 Å². The van der Waals surface area contributed by atoms with Crippen LogP contribution in [-0.4, -0.2) is 0 Å². The molecular formula is C13H11Br. The van der Waals surface area contributed by atoms with Crippen LogP contribution in [0.1, 0.15) is 5.56 Å². The highest BCUT2D eigenvalue weighted by atomic mass is 79.9. The molecule has 0 aliphatic rings. The lowest BCUT2D eigenvalue weighted by atomic mass is 10.0. The quantitative estimate of drug-likeness (QED) is 0.699. The lowest BCUT2D eigenvalue weighted by Crippen LogP contribution is -1.79. The molecule has 0 saturated heterocycles. The number of hydrogen-bond acceptors (Lipinski definition) is 0. The van der Waals surface area contributed by atoms with E-state index in [1.807, 2.05) is 6.07 Å². The van der Waals surface area contributed by atoms with Crippen LogP contribution in [-0.2, 0) is 0 Å². The van der Waals surface area contributed by atoms with Crippen LogP contribution < -0.4 is 0 Å². The van der Waals surface area contributed by atoms with Gasteiger partial charge in [0.2, 0.25) is 0 Å². The molecule has 2 aromatic rings. The summed E-state index contributed by atoms with van der Waals surface area (Å²) in [6.45, 7) is 2.10. The molecule has 0 fully saturated rings. The van der Waals surface area contributed by atoms with Crippen molar-refractivity contribution in [3.05, 3.63) is 58.6 Å². The Morgan fingerprint density at radius 2 is 1.57 bits per heavy atom. The zero-order valence-corrected chi connectivity index (χ0v) is 9.58. The van der Waals surface area contributed by atoms with E-state index in [1.54, 1.807) is 0 Å². The monoisotopic (exact) mass is 246 g/mol. The van der Waals surface area contributed by atoms with Crippen LogP contribution in [0.3, 0.4) is 0 Å². The molecule has 0 bridgehead atoms. The average molecular weight is 247 g/mol. The first-order valence-corrected chi connectivity index (χ1v) is 5.38. The van der Waals surface area contributed by atoms with Gasteiger partial charge in [-0.2, -0.15) is 0 Å². The molecule has 0 radical (unpaired) electrons. The van der Waals surface area contributed by atoms with Crippen LogP contribution in [0.2, 0.25) is 0 Å². The third-order valence-electron chi connectivity index (χ3n) is 2.28. The molecule has 0 heterocycles. The van der Waals surface area contributed by atoms with Crippen LogP contribution >= 0.6 is 15.9 Å². The van der Waals surface area contributed by atoms with Gasteiger partial charge < -0.3 is 0 Å². The molecule has 2 rings (SSSR count). The van der Waals surface area contributed by atoms with E-state index in [9.17, 15) is 0 Å². The molecule has 0 nitrogen and oxygen atoms in total. The second-order valence-electron chi connectivity index (χ2n) is 3.33. The molecule has 0 aliphatic carbocycles. The Morgan fingerprint density at radius 1 is 0.857 bits per heavy atom. The fourth-order valence-electron chi connectivity index (χ4n) is 1.40. The molecule has 0 N–H and O–H groups in total. The Bertz CT molecular complexity index is 432. The van der Waals surface area contributed by atoms with E-state index in [1.165, 1.54) is 21.2 Å². The summed E-state index contributed by atoms with van der Waals surface area (Å²) >= 11 is 3.54. The lowest BCUT2D eigenvalue weighted by molar-refractivity contribution is 1.43. The van der Waals surface area contributed by atoms with Crippen molar-refractivity contribution in [1.82, 2.24) is 0 Å². The molecule has 0 unspecified atom stereocenters. The van der Waals surface area contributed by atoms with Gasteiger partial charge in [-0.1, -0.05) is 58.4 Å². The second kappa shape index (κ2) is 3.97. The second-order valence-corrected chi connectivity index (χ2v) is 4.18. The van der Waals surface area contributed by atoms with E-state index in [-0.39, 0.29) is 0 Å². The van der Waals surface area contributed by atoms with Gasteiger partial charge in [0.25, 0.3) is 0 Å². The van der Waals surface area contributed by atoms with Crippen molar-refractivity contribution >= 4 is 15.9 Å². The van der Waals surface area contributed by atoms with Crippen molar-refractivity contribution in [3.8, 4) is 11.1 Å². The number of benzene rings is 2. The van der Waals surface area contributed by atoms with E-state index in [4.69, 9.17) is 0 Å². The van der Waals surface area contributed by atoms with Crippen molar-refractivity contribution in [2.75, 3.05) is 0 Å². The molecule has 0 amide bonds. The van der Waals surface area contributed by atoms with Gasteiger partial charge in [0.15, 0.2) is 0 Å². The average Bonchev–Trinajstić information content (AvgIpc) is 2.23. The Labute approximate surface area is 92.7 Å². The molecular weight excluding hydrogens is 236 g/mol. The molecule has 1 heteroatoms. The van der Waals surface area contributed by atoms with Crippen molar-refractivity contribution in [2.24, 2.45) is 0 Å². The van der Waals surface area contributed by atoms with Crippen LogP contribution in [0.15, 0.2) is 53.0 Å². The standard InChI is InChI=1S/C13H11Br/c1-10-7-8-12(9-13(10)14)11-5-3-2-4-6-11/h2-9H,1H3. The molecule has 0 aromatic heterocycles. The van der Waals surface area contributed by atoms with Crippen molar-refractivity contribution < 1.29 is 0 Å². The van der Waals surface area contributed by atoms with Gasteiger partial charge in [-0.05, 0) is 29.7 Å². The normalized spacial score (nSPS) is 10.1. The molecule has 14 heavy (non-hydrogen) atoms. The molecule has 0 aliphatic heterocycles. The fourth-order valence-corrected chi connectivity index (χ4v) is 1.78. The van der Waals surface area contributed by atoms with Crippen molar-refractivity contribution in [2.45, 2.75) is 6.92 Å². The van der Waals surface area contributed by atoms with Gasteiger partial charge in [-0.25, -0.2) is 0 Å². The van der Waals surface area contributed by atoms with E-state index >= 15 is 0 Å². The summed E-state index contributed by atoms with van der Waals surface area (Å²) in [7, 11) is 0. The first-order chi connectivity index (χ1) is 6.77. The summed E-state index contributed by atoms with van der Waals surface area (Å²) in [5, 5.41) is 0. The summed E-state index contributed by atoms with van der Waals surface area (Å²) in [4.78, 5) is 0. The molecule has 0 atom stereocenters. The zero-order chi connectivity index (χ0) is 9.97. The summed E-state index contributed by atoms with van der Waals surface area (Å²) in [6, 6.07) is 16.8. The highest BCUT2D eigenvalue weighted by Gasteiger charge is 1.98. The molecule has 70 valence electrons. The largest absolute Gasteiger partial charge is 0.0622 e. The van der Waals surface area contributed by atoms with Crippen LogP contribution in [0.25, 0.3) is 11.1 Å². The first-order valence-electron chi connectivity index (χ1n) is 4.59. The summed E-state index contributed by atoms with van der Waals surface area (Å²) in [5.74, 6) is 0. The molecule has 2 aromatic carbocycles. The number of rotatable bonds is 1. The van der Waals surface area contributed by atoms with Gasteiger partial charge in [-0.15, -0.1) is 0 Å². The van der Waals surface area contributed by atoms with Crippen LogP contribution in [0.4, 0.5) is 0 Å². The number of hydrogen-bond donors (Lipinski definition) is 0. The van der Waals surface area contributed by atoms with E-state index < -0.39 is 0 Å². The smallest absolute Gasteiger partial charge is 0.0210 e.